The third-order valence-corrected chi connectivity index (χ3v) is 5.51. The van der Waals surface area contributed by atoms with E-state index >= 15 is 0 Å². The minimum Gasteiger partial charge on any atom is -0.352 e. The maximum atomic E-state index is 13.4. The predicted octanol–water partition coefficient (Wildman–Crippen LogP) is 4.13. The van der Waals surface area contributed by atoms with Crippen LogP contribution in [0.15, 0.2) is 45.7 Å². The van der Waals surface area contributed by atoms with Crippen molar-refractivity contribution in [2.75, 3.05) is 18.4 Å². The number of amides is 1. The van der Waals surface area contributed by atoms with Crippen LogP contribution in [0.5, 0.6) is 0 Å². The molecule has 1 aromatic carbocycles. The molecule has 1 aliphatic rings. The number of likely N-dealkylation sites (tertiary alicyclic amines) is 1. The lowest BCUT2D eigenvalue weighted by Gasteiger charge is -2.25. The molecule has 1 unspecified atom stereocenters. The van der Waals surface area contributed by atoms with Gasteiger partial charge in [-0.3, -0.25) is 4.79 Å². The van der Waals surface area contributed by atoms with Gasteiger partial charge in [-0.2, -0.15) is 4.98 Å². The van der Waals surface area contributed by atoms with E-state index < -0.39 is 0 Å². The number of nitrogens with zero attached hydrogens (tertiary/aromatic N) is 5. The summed E-state index contributed by atoms with van der Waals surface area (Å²) in [7, 11) is 0. The van der Waals surface area contributed by atoms with Crippen LogP contribution < -0.4 is 5.32 Å². The summed E-state index contributed by atoms with van der Waals surface area (Å²) in [6.07, 6.45) is 5.27. The van der Waals surface area contributed by atoms with Crippen LogP contribution >= 0.6 is 15.9 Å². The highest BCUT2D eigenvalue weighted by Gasteiger charge is 2.31. The molecule has 156 valence electrons. The largest absolute Gasteiger partial charge is 0.352 e. The maximum Gasteiger partial charge on any atom is 0.258 e. The van der Waals surface area contributed by atoms with Gasteiger partial charge in [-0.05, 0) is 40.9 Å². The highest BCUT2D eigenvalue weighted by atomic mass is 79.9. The van der Waals surface area contributed by atoms with E-state index in [0.717, 1.165) is 17.3 Å². The Morgan fingerprint density at radius 2 is 2.07 bits per heavy atom. The number of rotatable bonds is 6. The van der Waals surface area contributed by atoms with Gasteiger partial charge < -0.3 is 14.7 Å². The van der Waals surface area contributed by atoms with Crippen LogP contribution in [0.4, 0.5) is 5.95 Å². The second-order valence-electron chi connectivity index (χ2n) is 7.56. The Hall–Kier alpha value is -2.81. The summed E-state index contributed by atoms with van der Waals surface area (Å²) in [6.45, 7) is 5.31. The summed E-state index contributed by atoms with van der Waals surface area (Å²) in [5, 5.41) is 7.27. The zero-order valence-corrected chi connectivity index (χ0v) is 18.5. The second-order valence-corrected chi connectivity index (χ2v) is 8.47. The van der Waals surface area contributed by atoms with Gasteiger partial charge in [0.15, 0.2) is 5.82 Å². The molecule has 1 amide bonds. The monoisotopic (exact) mass is 470 g/mol. The molecule has 1 fully saturated rings. The first-order chi connectivity index (χ1) is 14.5. The Kier molecular flexibility index (Phi) is 6.08. The van der Waals surface area contributed by atoms with Gasteiger partial charge in [-0.25, -0.2) is 9.97 Å². The Morgan fingerprint density at radius 3 is 2.80 bits per heavy atom. The van der Waals surface area contributed by atoms with E-state index in [1.54, 1.807) is 12.4 Å². The smallest absolute Gasteiger partial charge is 0.258 e. The van der Waals surface area contributed by atoms with Gasteiger partial charge in [0.1, 0.15) is 0 Å². The number of hydrogen-bond donors (Lipinski definition) is 1. The van der Waals surface area contributed by atoms with E-state index in [1.165, 1.54) is 0 Å². The molecule has 1 saturated heterocycles. The van der Waals surface area contributed by atoms with E-state index in [2.05, 4.69) is 41.4 Å². The third-order valence-electron chi connectivity index (χ3n) is 5.10. The number of anilines is 1. The molecule has 4 rings (SSSR count). The lowest BCUT2D eigenvalue weighted by molar-refractivity contribution is 0.0744. The maximum absolute atomic E-state index is 13.4. The topological polar surface area (TPSA) is 97.0 Å². The zero-order valence-electron chi connectivity index (χ0n) is 16.9. The van der Waals surface area contributed by atoms with Crippen LogP contribution in [0.3, 0.4) is 0 Å². The lowest BCUT2D eigenvalue weighted by atomic mass is 10.1. The molecule has 3 aromatic rings. The van der Waals surface area contributed by atoms with Crippen LogP contribution in [-0.4, -0.2) is 50.0 Å². The van der Waals surface area contributed by atoms with Gasteiger partial charge in [0.2, 0.25) is 5.95 Å². The minimum atomic E-state index is -0.0316. The van der Waals surface area contributed by atoms with E-state index in [9.17, 15) is 4.79 Å². The normalized spacial score (nSPS) is 16.3. The zero-order chi connectivity index (χ0) is 21.1. The Labute approximate surface area is 183 Å². The van der Waals surface area contributed by atoms with Crippen molar-refractivity contribution in [2.45, 2.75) is 38.6 Å². The third kappa shape index (κ3) is 4.35. The first-order valence-electron chi connectivity index (χ1n) is 9.98. The number of carbonyl (C=O) groups is 1. The fourth-order valence-electron chi connectivity index (χ4n) is 3.52. The van der Waals surface area contributed by atoms with Crippen molar-refractivity contribution in [3.63, 3.8) is 0 Å². The molecule has 0 radical (unpaired) electrons. The molecule has 3 heterocycles. The van der Waals surface area contributed by atoms with Crippen LogP contribution in [0.25, 0.3) is 11.5 Å². The summed E-state index contributed by atoms with van der Waals surface area (Å²) in [5.41, 5.74) is 1.24. The summed E-state index contributed by atoms with van der Waals surface area (Å²) >= 11 is 3.33. The molecule has 0 spiro atoms. The number of hydrogen-bond acceptors (Lipinski definition) is 7. The Bertz CT molecular complexity index is 1020. The summed E-state index contributed by atoms with van der Waals surface area (Å²) in [4.78, 5) is 28.3. The molecule has 0 saturated carbocycles. The van der Waals surface area contributed by atoms with Gasteiger partial charge in [-0.1, -0.05) is 31.1 Å². The molecule has 1 N–H and O–H groups in total. The summed E-state index contributed by atoms with van der Waals surface area (Å²) < 4.78 is 6.27. The second kappa shape index (κ2) is 8.91. The van der Waals surface area contributed by atoms with Crippen LogP contribution in [0, 0.1) is 0 Å². The average molecular weight is 471 g/mol. The molecule has 30 heavy (non-hydrogen) atoms. The minimum absolute atomic E-state index is 0.0316. The number of nitrogens with one attached hydrogen (secondary N) is 1. The van der Waals surface area contributed by atoms with Crippen molar-refractivity contribution < 1.29 is 9.32 Å². The highest BCUT2D eigenvalue weighted by Crippen LogP contribution is 2.27. The molecule has 1 aliphatic heterocycles. The molecular formula is C21H23BrN6O2. The lowest BCUT2D eigenvalue weighted by Crippen LogP contribution is -2.40. The van der Waals surface area contributed by atoms with E-state index in [1.807, 2.05) is 43.0 Å². The Balaban J connectivity index is 1.52. The predicted molar refractivity (Wildman–Crippen MR) is 116 cm³/mol. The fourth-order valence-corrected chi connectivity index (χ4v) is 3.72. The highest BCUT2D eigenvalue weighted by molar-refractivity contribution is 9.10. The first kappa shape index (κ1) is 20.5. The number of halogens is 1. The number of aromatic nitrogens is 4. The van der Waals surface area contributed by atoms with E-state index in [-0.39, 0.29) is 17.9 Å². The summed E-state index contributed by atoms with van der Waals surface area (Å²) in [5.74, 6) is 1.67. The molecule has 8 nitrogen and oxygen atoms in total. The molecule has 1 atom stereocenters. The van der Waals surface area contributed by atoms with Gasteiger partial charge in [-0.15, -0.1) is 0 Å². The van der Waals surface area contributed by atoms with Crippen molar-refractivity contribution in [2.24, 2.45) is 0 Å². The number of benzene rings is 1. The first-order valence-corrected chi connectivity index (χ1v) is 10.8. The average Bonchev–Trinajstić information content (AvgIpc) is 3.43. The quantitative estimate of drug-likeness (QED) is 0.578. The molecule has 0 bridgehead atoms. The van der Waals surface area contributed by atoms with Crippen molar-refractivity contribution >= 4 is 27.8 Å². The van der Waals surface area contributed by atoms with Crippen LogP contribution in [0.1, 0.15) is 48.8 Å². The molecular weight excluding hydrogens is 448 g/mol. The SMILES string of the molecule is CC(C)c1noc(-c2ccccc2C(=O)N2CCCC2CNc2ncc(Br)cn2)n1. The molecule has 9 heteroatoms. The van der Waals surface area contributed by atoms with Crippen LogP contribution in [0.2, 0.25) is 0 Å². The van der Waals surface area contributed by atoms with Crippen molar-refractivity contribution in [3.8, 4) is 11.5 Å². The van der Waals surface area contributed by atoms with E-state index in [0.29, 0.717) is 41.9 Å². The molecule has 0 aliphatic carbocycles. The molecule has 2 aromatic heterocycles. The van der Waals surface area contributed by atoms with Crippen LogP contribution in [-0.2, 0) is 0 Å². The van der Waals surface area contributed by atoms with Crippen molar-refractivity contribution in [3.05, 3.63) is 52.5 Å². The fraction of sp³-hybridized carbons (Fsp3) is 0.381. The number of carbonyl (C=O) groups excluding carboxylic acids is 1. The summed E-state index contributed by atoms with van der Waals surface area (Å²) in [6, 6.07) is 7.46. The van der Waals surface area contributed by atoms with Gasteiger partial charge >= 0.3 is 0 Å². The van der Waals surface area contributed by atoms with E-state index in [4.69, 9.17) is 4.52 Å². The van der Waals surface area contributed by atoms with Crippen molar-refractivity contribution in [1.29, 1.82) is 0 Å². The van der Waals surface area contributed by atoms with Gasteiger partial charge in [0.05, 0.1) is 15.6 Å². The van der Waals surface area contributed by atoms with Gasteiger partial charge in [0.25, 0.3) is 11.8 Å². The Morgan fingerprint density at radius 1 is 1.30 bits per heavy atom. The standard InChI is InChI=1S/C21H23BrN6O2/c1-13(2)18-26-19(30-27-18)16-7-3-4-8-17(16)20(29)28-9-5-6-15(28)12-25-21-23-10-14(22)11-24-21/h3-4,7-8,10-11,13,15H,5-6,9,12H2,1-2H3,(H,23,24,25). The van der Waals surface area contributed by atoms with Gasteiger partial charge in [0, 0.05) is 37.4 Å². The van der Waals surface area contributed by atoms with Crippen molar-refractivity contribution in [1.82, 2.24) is 25.0 Å².